The highest BCUT2D eigenvalue weighted by molar-refractivity contribution is 5.91. The molecule has 0 heterocycles. The third-order valence-corrected chi connectivity index (χ3v) is 9.78. The van der Waals surface area contributed by atoms with Gasteiger partial charge < -0.3 is 9.80 Å². The summed E-state index contributed by atoms with van der Waals surface area (Å²) in [5.41, 5.74) is 12.3. The van der Waals surface area contributed by atoms with E-state index in [1.54, 1.807) is 0 Å². The van der Waals surface area contributed by atoms with Gasteiger partial charge in [-0.05, 0) is 144 Å². The Morgan fingerprint density at radius 1 is 0.352 bits per heavy atom. The number of hydrogen-bond donors (Lipinski definition) is 0. The Bertz CT molecular complexity index is 2540. The topological polar surface area (TPSA) is 54.1 Å². The molecule has 0 fully saturated rings. The third-order valence-electron chi connectivity index (χ3n) is 9.78. The van der Waals surface area contributed by atoms with Gasteiger partial charge in [0.2, 0.25) is 0 Å². The summed E-state index contributed by atoms with van der Waals surface area (Å²) in [6.07, 6.45) is 4.29. The van der Waals surface area contributed by atoms with Crippen molar-refractivity contribution >= 4 is 67.8 Å². The molecule has 0 spiro atoms. The number of aryl methyl sites for hydroxylation is 2. The van der Waals surface area contributed by atoms with Crippen LogP contribution in [-0.4, -0.2) is 0 Å². The number of fused-ring (bicyclic) bond motifs is 2. The van der Waals surface area contributed by atoms with Gasteiger partial charge in [-0.3, -0.25) is 0 Å². The minimum Gasteiger partial charge on any atom is -0.310 e. The summed E-state index contributed by atoms with van der Waals surface area (Å²) < 4.78 is 0. The number of hydrogen-bond acceptors (Lipinski definition) is 4. The van der Waals surface area contributed by atoms with E-state index >= 15 is 0 Å². The van der Waals surface area contributed by atoms with Crippen LogP contribution in [0, 0.1) is 36.5 Å². The molecule has 0 saturated heterocycles. The van der Waals surface area contributed by atoms with Crippen LogP contribution in [-0.2, 0) is 0 Å². The molecule has 4 heteroatoms. The fourth-order valence-corrected chi connectivity index (χ4v) is 6.83. The van der Waals surface area contributed by atoms with E-state index in [2.05, 4.69) is 181 Å². The second kappa shape index (κ2) is 14.7. The Kier molecular flexibility index (Phi) is 9.17. The van der Waals surface area contributed by atoms with Crippen LogP contribution in [0.15, 0.2) is 170 Å². The van der Waals surface area contributed by atoms with E-state index in [-0.39, 0.29) is 0 Å². The lowest BCUT2D eigenvalue weighted by Crippen LogP contribution is -2.10. The van der Waals surface area contributed by atoms with E-state index < -0.39 is 0 Å². The van der Waals surface area contributed by atoms with Crippen molar-refractivity contribution in [2.75, 3.05) is 9.80 Å². The fraction of sp³-hybridized carbons (Fsp3) is 0.0400. The molecule has 0 aliphatic rings. The highest BCUT2D eigenvalue weighted by atomic mass is 15.1. The first-order chi connectivity index (χ1) is 26.4. The Morgan fingerprint density at radius 2 is 0.648 bits per heavy atom. The monoisotopic (exact) mass is 692 g/mol. The molecule has 0 aliphatic carbocycles. The van der Waals surface area contributed by atoms with Crippen molar-refractivity contribution in [2.45, 2.75) is 13.8 Å². The lowest BCUT2D eigenvalue weighted by atomic mass is 10.0. The van der Waals surface area contributed by atoms with Crippen molar-refractivity contribution in [3.63, 3.8) is 0 Å². The first-order valence-corrected chi connectivity index (χ1v) is 17.9. The van der Waals surface area contributed by atoms with E-state index in [4.69, 9.17) is 0 Å². The molecule has 8 rings (SSSR count). The maximum absolute atomic E-state index is 9.37. The maximum Gasteiger partial charge on any atom is 0.0991 e. The Hall–Kier alpha value is -7.40. The van der Waals surface area contributed by atoms with Gasteiger partial charge in [0.25, 0.3) is 0 Å². The molecule has 4 nitrogen and oxygen atoms in total. The standard InChI is InChI=1S/C50H36N4/c1-35-3-19-45(20-4-35)53(49-27-17-41-29-39(33-51)9-15-43(41)31-49)47-23-11-37(12-24-47)7-8-38-13-25-48(26-14-38)54(46-21-5-36(2)6-22-46)50-28-18-42-30-40(34-52)10-16-44(42)32-50/h3-32H,1-2H3/b8-7+. The van der Waals surface area contributed by atoms with Gasteiger partial charge in [0.15, 0.2) is 0 Å². The average Bonchev–Trinajstić information content (AvgIpc) is 3.22. The van der Waals surface area contributed by atoms with Crippen molar-refractivity contribution in [1.29, 1.82) is 10.5 Å². The van der Waals surface area contributed by atoms with E-state index in [1.807, 2.05) is 36.4 Å². The molecule has 8 aromatic rings. The van der Waals surface area contributed by atoms with Crippen LogP contribution in [0.1, 0.15) is 33.4 Å². The predicted octanol–water partition coefficient (Wildman–Crippen LogP) is 13.5. The first-order valence-electron chi connectivity index (χ1n) is 17.9. The molecule has 0 radical (unpaired) electrons. The van der Waals surface area contributed by atoms with Crippen LogP contribution in [0.2, 0.25) is 0 Å². The van der Waals surface area contributed by atoms with Crippen LogP contribution < -0.4 is 9.80 Å². The molecule has 256 valence electrons. The van der Waals surface area contributed by atoms with Gasteiger partial charge in [-0.2, -0.15) is 10.5 Å². The molecule has 54 heavy (non-hydrogen) atoms. The van der Waals surface area contributed by atoms with Crippen molar-refractivity contribution < 1.29 is 0 Å². The van der Waals surface area contributed by atoms with E-state index in [0.717, 1.165) is 66.8 Å². The van der Waals surface area contributed by atoms with Crippen molar-refractivity contribution in [3.8, 4) is 12.1 Å². The first kappa shape index (κ1) is 33.7. The lowest BCUT2D eigenvalue weighted by molar-refractivity contribution is 1.28. The number of nitriles is 2. The van der Waals surface area contributed by atoms with E-state index in [0.29, 0.717) is 11.1 Å². The summed E-state index contributed by atoms with van der Waals surface area (Å²) in [6, 6.07) is 63.3. The second-order valence-electron chi connectivity index (χ2n) is 13.6. The Balaban J connectivity index is 1.06. The van der Waals surface area contributed by atoms with Gasteiger partial charge in [0.1, 0.15) is 0 Å². The van der Waals surface area contributed by atoms with Crippen LogP contribution >= 0.6 is 0 Å². The molecule has 0 amide bonds. The van der Waals surface area contributed by atoms with Crippen LogP contribution in [0.25, 0.3) is 33.7 Å². The minimum absolute atomic E-state index is 0.660. The lowest BCUT2D eigenvalue weighted by Gasteiger charge is -2.26. The zero-order valence-electron chi connectivity index (χ0n) is 30.1. The van der Waals surface area contributed by atoms with Crippen LogP contribution in [0.3, 0.4) is 0 Å². The smallest absolute Gasteiger partial charge is 0.0991 e. The SMILES string of the molecule is Cc1ccc(N(c2ccc(/C=C/c3ccc(N(c4ccc(C)cc4)c4ccc5cc(C#N)ccc5c4)cc3)cc2)c2ccc3cc(C#N)ccc3c2)cc1. The average molecular weight is 693 g/mol. The zero-order valence-corrected chi connectivity index (χ0v) is 30.1. The number of nitrogens with zero attached hydrogens (tertiary/aromatic N) is 4. The Labute approximate surface area is 316 Å². The molecule has 8 aromatic carbocycles. The Morgan fingerprint density at radius 3 is 1.00 bits per heavy atom. The summed E-state index contributed by atoms with van der Waals surface area (Å²) in [5, 5.41) is 23.0. The van der Waals surface area contributed by atoms with Gasteiger partial charge in [-0.1, -0.05) is 96.1 Å². The zero-order chi connectivity index (χ0) is 37.0. The largest absolute Gasteiger partial charge is 0.310 e. The van der Waals surface area contributed by atoms with Crippen LogP contribution in [0.5, 0.6) is 0 Å². The van der Waals surface area contributed by atoms with E-state index in [9.17, 15) is 10.5 Å². The van der Waals surface area contributed by atoms with Gasteiger partial charge in [0.05, 0.1) is 23.3 Å². The summed E-state index contributed by atoms with van der Waals surface area (Å²) in [4.78, 5) is 4.53. The fourth-order valence-electron chi connectivity index (χ4n) is 6.83. The highest BCUT2D eigenvalue weighted by Crippen LogP contribution is 2.38. The number of rotatable bonds is 8. The molecule has 0 unspecified atom stereocenters. The number of anilines is 6. The van der Waals surface area contributed by atoms with Crippen molar-refractivity contribution in [3.05, 3.63) is 203 Å². The molecular weight excluding hydrogens is 657 g/mol. The normalized spacial score (nSPS) is 11.0. The summed E-state index contributed by atoms with van der Waals surface area (Å²) in [6.45, 7) is 4.20. The molecule has 0 aromatic heterocycles. The quantitative estimate of drug-likeness (QED) is 0.149. The highest BCUT2D eigenvalue weighted by Gasteiger charge is 2.15. The summed E-state index contributed by atoms with van der Waals surface area (Å²) in [5.74, 6) is 0. The molecule has 0 aliphatic heterocycles. The molecule has 0 saturated carbocycles. The van der Waals surface area contributed by atoms with Gasteiger partial charge >= 0.3 is 0 Å². The molecular formula is C50H36N4. The van der Waals surface area contributed by atoms with Crippen molar-refractivity contribution in [1.82, 2.24) is 0 Å². The predicted molar refractivity (Wildman–Crippen MR) is 225 cm³/mol. The summed E-state index contributed by atoms with van der Waals surface area (Å²) in [7, 11) is 0. The molecule has 0 N–H and O–H groups in total. The molecule has 0 atom stereocenters. The van der Waals surface area contributed by atoms with Crippen LogP contribution in [0.4, 0.5) is 34.1 Å². The van der Waals surface area contributed by atoms with Gasteiger partial charge in [0, 0.05) is 34.1 Å². The minimum atomic E-state index is 0.660. The van der Waals surface area contributed by atoms with Gasteiger partial charge in [-0.15, -0.1) is 0 Å². The maximum atomic E-state index is 9.37. The van der Waals surface area contributed by atoms with Crippen molar-refractivity contribution in [2.24, 2.45) is 0 Å². The second-order valence-corrected chi connectivity index (χ2v) is 13.6. The third kappa shape index (κ3) is 7.06. The van der Waals surface area contributed by atoms with Gasteiger partial charge in [-0.25, -0.2) is 0 Å². The molecule has 0 bridgehead atoms. The number of benzene rings is 8. The van der Waals surface area contributed by atoms with E-state index in [1.165, 1.54) is 11.1 Å². The summed E-state index contributed by atoms with van der Waals surface area (Å²) >= 11 is 0.